The second-order valence-corrected chi connectivity index (χ2v) is 8.75. The van der Waals surface area contributed by atoms with Gasteiger partial charge in [-0.3, -0.25) is 0 Å². The second kappa shape index (κ2) is 6.92. The fourth-order valence-electron chi connectivity index (χ4n) is 2.74. The lowest BCUT2D eigenvalue weighted by Crippen LogP contribution is -2.44. The van der Waals surface area contributed by atoms with E-state index in [1.807, 2.05) is 30.3 Å². The molecule has 1 aliphatic rings. The standard InChI is InChI=1S/C16H18N2O4S2/c19-16(20)12-9-15(23-11-12)24(21,22)18-8-4-7-14(10-18)17-13-5-2-1-3-6-13/h1-3,5-6,9,11,14,17H,4,7-8,10H2,(H,19,20). The van der Waals surface area contributed by atoms with Crippen LogP contribution in [0, 0.1) is 0 Å². The zero-order valence-electron chi connectivity index (χ0n) is 12.9. The molecule has 0 aliphatic carbocycles. The molecule has 0 spiro atoms. The summed E-state index contributed by atoms with van der Waals surface area (Å²) in [6, 6.07) is 11.0. The second-order valence-electron chi connectivity index (χ2n) is 5.67. The molecule has 8 heteroatoms. The van der Waals surface area contributed by atoms with Gasteiger partial charge in [0.25, 0.3) is 10.0 Å². The molecule has 2 N–H and O–H groups in total. The molecule has 0 amide bonds. The van der Waals surface area contributed by atoms with Gasteiger partial charge in [0.1, 0.15) is 4.21 Å². The Kier molecular flexibility index (Phi) is 4.88. The predicted octanol–water partition coefficient (Wildman–Crippen LogP) is 2.71. The first-order valence-corrected chi connectivity index (χ1v) is 9.92. The summed E-state index contributed by atoms with van der Waals surface area (Å²) < 4.78 is 27.0. The molecular formula is C16H18N2O4S2. The third kappa shape index (κ3) is 3.61. The number of hydrogen-bond acceptors (Lipinski definition) is 5. The van der Waals surface area contributed by atoms with Gasteiger partial charge in [-0.1, -0.05) is 18.2 Å². The number of thiophene rings is 1. The number of rotatable bonds is 5. The third-order valence-electron chi connectivity index (χ3n) is 3.95. The van der Waals surface area contributed by atoms with E-state index >= 15 is 0 Å². The average molecular weight is 366 g/mol. The van der Waals surface area contributed by atoms with Crippen LogP contribution in [0.4, 0.5) is 5.69 Å². The highest BCUT2D eigenvalue weighted by atomic mass is 32.2. The van der Waals surface area contributed by atoms with E-state index in [1.54, 1.807) is 0 Å². The van der Waals surface area contributed by atoms with Gasteiger partial charge in [0, 0.05) is 30.2 Å². The topological polar surface area (TPSA) is 86.7 Å². The Morgan fingerprint density at radius 3 is 2.71 bits per heavy atom. The Morgan fingerprint density at radius 1 is 1.29 bits per heavy atom. The Labute approximate surface area is 144 Å². The number of hydrogen-bond donors (Lipinski definition) is 2. The smallest absolute Gasteiger partial charge is 0.336 e. The lowest BCUT2D eigenvalue weighted by molar-refractivity contribution is 0.0697. The minimum atomic E-state index is -3.65. The van der Waals surface area contributed by atoms with Crippen LogP contribution in [0.5, 0.6) is 0 Å². The fraction of sp³-hybridized carbons (Fsp3) is 0.312. The van der Waals surface area contributed by atoms with Gasteiger partial charge in [0.15, 0.2) is 0 Å². The van der Waals surface area contributed by atoms with E-state index in [9.17, 15) is 13.2 Å². The van der Waals surface area contributed by atoms with Crippen molar-refractivity contribution in [2.24, 2.45) is 0 Å². The van der Waals surface area contributed by atoms with Crippen molar-refractivity contribution in [3.05, 3.63) is 47.3 Å². The maximum Gasteiger partial charge on any atom is 0.336 e. The largest absolute Gasteiger partial charge is 0.478 e. The van der Waals surface area contributed by atoms with Crippen molar-refractivity contribution in [1.29, 1.82) is 0 Å². The molecule has 1 unspecified atom stereocenters. The zero-order valence-corrected chi connectivity index (χ0v) is 14.5. The highest BCUT2D eigenvalue weighted by Gasteiger charge is 2.31. The van der Waals surface area contributed by atoms with Gasteiger partial charge in [-0.05, 0) is 31.0 Å². The summed E-state index contributed by atoms with van der Waals surface area (Å²) in [5.74, 6) is -1.12. The molecule has 3 rings (SSSR count). The van der Waals surface area contributed by atoms with Gasteiger partial charge >= 0.3 is 5.97 Å². The van der Waals surface area contributed by atoms with Crippen LogP contribution in [0.1, 0.15) is 23.2 Å². The van der Waals surface area contributed by atoms with Gasteiger partial charge in [-0.15, -0.1) is 11.3 Å². The average Bonchev–Trinajstić information content (AvgIpc) is 3.07. The molecule has 2 aromatic rings. The van der Waals surface area contributed by atoms with Crippen molar-refractivity contribution in [3.8, 4) is 0 Å². The van der Waals surface area contributed by atoms with Crippen LogP contribution in [0.25, 0.3) is 0 Å². The Bertz CT molecular complexity index is 818. The lowest BCUT2D eigenvalue weighted by Gasteiger charge is -2.32. The predicted molar refractivity (Wildman–Crippen MR) is 93.1 cm³/mol. The molecule has 0 saturated carbocycles. The maximum absolute atomic E-state index is 12.7. The quantitative estimate of drug-likeness (QED) is 0.850. The number of anilines is 1. The summed E-state index contributed by atoms with van der Waals surface area (Å²) in [6.07, 6.45) is 1.66. The van der Waals surface area contributed by atoms with Crippen LogP contribution in [-0.2, 0) is 10.0 Å². The molecule has 0 radical (unpaired) electrons. The van der Waals surface area contributed by atoms with Crippen LogP contribution in [0.3, 0.4) is 0 Å². The summed E-state index contributed by atoms with van der Waals surface area (Å²) in [5.41, 5.74) is 0.973. The maximum atomic E-state index is 12.7. The molecule has 6 nitrogen and oxygen atoms in total. The number of aromatic carboxylic acids is 1. The summed E-state index contributed by atoms with van der Waals surface area (Å²) >= 11 is 0.953. The minimum Gasteiger partial charge on any atom is -0.478 e. The molecule has 1 aromatic carbocycles. The number of carboxylic acid groups (broad SMARTS) is 1. The van der Waals surface area contributed by atoms with Crippen LogP contribution >= 0.6 is 11.3 Å². The van der Waals surface area contributed by atoms with Crippen molar-refractivity contribution >= 4 is 33.0 Å². The van der Waals surface area contributed by atoms with Gasteiger partial charge in [-0.2, -0.15) is 4.31 Å². The first-order valence-electron chi connectivity index (χ1n) is 7.60. The summed E-state index contributed by atoms with van der Waals surface area (Å²) in [4.78, 5) is 11.0. The van der Waals surface area contributed by atoms with Crippen LogP contribution < -0.4 is 5.32 Å². The number of benzene rings is 1. The number of nitrogens with zero attached hydrogens (tertiary/aromatic N) is 1. The van der Waals surface area contributed by atoms with Gasteiger partial charge in [0.05, 0.1) is 5.56 Å². The molecule has 2 heterocycles. The monoisotopic (exact) mass is 366 g/mol. The number of nitrogens with one attached hydrogen (secondary N) is 1. The first kappa shape index (κ1) is 16.9. The van der Waals surface area contributed by atoms with E-state index in [0.717, 1.165) is 29.9 Å². The van der Waals surface area contributed by atoms with Crippen molar-refractivity contribution in [2.45, 2.75) is 23.1 Å². The third-order valence-corrected chi connectivity index (χ3v) is 7.23. The summed E-state index contributed by atoms with van der Waals surface area (Å²) in [6.45, 7) is 0.827. The number of piperidine rings is 1. The summed E-state index contributed by atoms with van der Waals surface area (Å²) in [5, 5.41) is 13.7. The Hall–Kier alpha value is -1.90. The number of para-hydroxylation sites is 1. The fourth-order valence-corrected chi connectivity index (χ4v) is 5.57. The summed E-state index contributed by atoms with van der Waals surface area (Å²) in [7, 11) is -3.65. The van der Waals surface area contributed by atoms with E-state index in [0.29, 0.717) is 13.1 Å². The van der Waals surface area contributed by atoms with E-state index < -0.39 is 16.0 Å². The van der Waals surface area contributed by atoms with Gasteiger partial charge < -0.3 is 10.4 Å². The van der Waals surface area contributed by atoms with Crippen molar-refractivity contribution in [2.75, 3.05) is 18.4 Å². The molecule has 24 heavy (non-hydrogen) atoms. The Balaban J connectivity index is 1.74. The van der Waals surface area contributed by atoms with E-state index in [4.69, 9.17) is 5.11 Å². The van der Waals surface area contributed by atoms with Crippen LogP contribution in [-0.4, -0.2) is 42.9 Å². The molecule has 1 fully saturated rings. The molecular weight excluding hydrogens is 348 g/mol. The van der Waals surface area contributed by atoms with Crippen molar-refractivity contribution < 1.29 is 18.3 Å². The molecule has 1 atom stereocenters. The number of carboxylic acids is 1. The molecule has 128 valence electrons. The number of sulfonamides is 1. The van der Waals surface area contributed by atoms with Gasteiger partial charge in [-0.25, -0.2) is 13.2 Å². The molecule has 1 aromatic heterocycles. The highest BCUT2D eigenvalue weighted by Crippen LogP contribution is 2.27. The minimum absolute atomic E-state index is 0.00884. The van der Waals surface area contributed by atoms with Crippen molar-refractivity contribution in [1.82, 2.24) is 4.31 Å². The van der Waals surface area contributed by atoms with E-state index in [1.165, 1.54) is 15.8 Å². The molecule has 1 saturated heterocycles. The van der Waals surface area contributed by atoms with Gasteiger partial charge in [0.2, 0.25) is 0 Å². The zero-order chi connectivity index (χ0) is 17.2. The Morgan fingerprint density at radius 2 is 2.04 bits per heavy atom. The van der Waals surface area contributed by atoms with E-state index in [2.05, 4.69) is 5.32 Å². The van der Waals surface area contributed by atoms with E-state index in [-0.39, 0.29) is 15.8 Å². The molecule has 0 bridgehead atoms. The first-order chi connectivity index (χ1) is 11.5. The van der Waals surface area contributed by atoms with Crippen LogP contribution in [0.2, 0.25) is 0 Å². The van der Waals surface area contributed by atoms with Crippen molar-refractivity contribution in [3.63, 3.8) is 0 Å². The number of carbonyl (C=O) groups is 1. The lowest BCUT2D eigenvalue weighted by atomic mass is 10.1. The molecule has 1 aliphatic heterocycles. The highest BCUT2D eigenvalue weighted by molar-refractivity contribution is 7.91. The normalized spacial score (nSPS) is 19.1. The van der Waals surface area contributed by atoms with Crippen LogP contribution in [0.15, 0.2) is 46.0 Å². The SMILES string of the molecule is O=C(O)c1csc(S(=O)(=O)N2CCCC(Nc3ccccc3)C2)c1.